The van der Waals surface area contributed by atoms with Crippen LogP contribution < -0.4 is 0 Å². The number of hydrogen-bond donors (Lipinski definition) is 1. The Morgan fingerprint density at radius 3 is 2.65 bits per heavy atom. The number of nitrogens with zero attached hydrogens (tertiary/aromatic N) is 1. The van der Waals surface area contributed by atoms with Gasteiger partial charge in [-0.3, -0.25) is 4.79 Å². The van der Waals surface area contributed by atoms with Crippen molar-refractivity contribution < 1.29 is 4.79 Å². The molecule has 0 bridgehead atoms. The Bertz CT molecular complexity index is 513. The van der Waals surface area contributed by atoms with Gasteiger partial charge in [-0.2, -0.15) is 0 Å². The molecule has 2 fully saturated rings. The van der Waals surface area contributed by atoms with E-state index in [4.69, 9.17) is 0 Å². The highest BCUT2D eigenvalue weighted by Gasteiger charge is 2.36. The van der Waals surface area contributed by atoms with E-state index in [9.17, 15) is 4.79 Å². The van der Waals surface area contributed by atoms with Gasteiger partial charge in [-0.1, -0.05) is 28.8 Å². The van der Waals surface area contributed by atoms with Gasteiger partial charge in [0, 0.05) is 22.0 Å². The van der Waals surface area contributed by atoms with Crippen LogP contribution in [-0.4, -0.2) is 23.4 Å². The molecule has 3 rings (SSSR count). The summed E-state index contributed by atoms with van der Waals surface area (Å²) in [6.07, 6.45) is 7.57. The summed E-state index contributed by atoms with van der Waals surface area (Å²) in [5.41, 5.74) is 0.737. The van der Waals surface area contributed by atoms with Crippen molar-refractivity contribution in [1.82, 2.24) is 4.90 Å². The van der Waals surface area contributed by atoms with E-state index in [1.54, 1.807) is 0 Å². The summed E-state index contributed by atoms with van der Waals surface area (Å²) in [7, 11) is 0. The maximum atomic E-state index is 12.8. The molecule has 1 unspecified atom stereocenters. The van der Waals surface area contributed by atoms with E-state index in [2.05, 4.69) is 33.5 Å². The normalized spacial score (nSPS) is 23.5. The maximum Gasteiger partial charge on any atom is 0.255 e. The van der Waals surface area contributed by atoms with Gasteiger partial charge in [0.25, 0.3) is 5.91 Å². The Kier molecular flexibility index (Phi) is 4.41. The van der Waals surface area contributed by atoms with Gasteiger partial charge in [0.1, 0.15) is 0 Å². The average molecular weight is 354 g/mol. The van der Waals surface area contributed by atoms with E-state index < -0.39 is 0 Å². The minimum absolute atomic E-state index is 0.164. The third-order valence-electron chi connectivity index (χ3n) is 4.69. The third kappa shape index (κ3) is 2.77. The standard InChI is InChI=1S/C16H20BrNOS/c17-12-7-8-13(15(20)10-12)16(19)18-9-3-6-14(18)11-4-1-2-5-11/h7-8,10-11,14,20H,1-6,9H2. The Labute approximate surface area is 134 Å². The second-order valence-electron chi connectivity index (χ2n) is 5.91. The maximum absolute atomic E-state index is 12.8. The van der Waals surface area contributed by atoms with Gasteiger partial charge in [0.2, 0.25) is 0 Å². The predicted octanol–water partition coefficient (Wildman–Crippen LogP) is 4.53. The monoisotopic (exact) mass is 353 g/mol. The third-order valence-corrected chi connectivity index (χ3v) is 5.56. The highest BCUT2D eigenvalue weighted by atomic mass is 79.9. The first-order chi connectivity index (χ1) is 9.66. The van der Waals surface area contributed by atoms with Crippen LogP contribution in [0.4, 0.5) is 0 Å². The molecule has 2 aliphatic rings. The van der Waals surface area contributed by atoms with Gasteiger partial charge in [-0.05, 0) is 49.8 Å². The fourth-order valence-electron chi connectivity index (χ4n) is 3.72. The van der Waals surface area contributed by atoms with Crippen molar-refractivity contribution >= 4 is 34.5 Å². The first-order valence-electron chi connectivity index (χ1n) is 7.46. The van der Waals surface area contributed by atoms with Crippen molar-refractivity contribution in [2.24, 2.45) is 5.92 Å². The first-order valence-corrected chi connectivity index (χ1v) is 8.70. The lowest BCUT2D eigenvalue weighted by atomic mass is 9.95. The zero-order valence-corrected chi connectivity index (χ0v) is 14.0. The Balaban J connectivity index is 1.81. The number of likely N-dealkylation sites (tertiary alicyclic amines) is 1. The smallest absolute Gasteiger partial charge is 0.255 e. The zero-order valence-electron chi connectivity index (χ0n) is 11.5. The van der Waals surface area contributed by atoms with Crippen LogP contribution in [0.3, 0.4) is 0 Å². The molecule has 0 spiro atoms. The van der Waals surface area contributed by atoms with Crippen molar-refractivity contribution in [3.63, 3.8) is 0 Å². The van der Waals surface area contributed by atoms with Crippen LogP contribution in [0.2, 0.25) is 0 Å². The van der Waals surface area contributed by atoms with Crippen LogP contribution in [0.25, 0.3) is 0 Å². The van der Waals surface area contributed by atoms with Gasteiger partial charge in [0.05, 0.1) is 5.56 Å². The number of rotatable bonds is 2. The highest BCUT2D eigenvalue weighted by molar-refractivity contribution is 9.10. The molecule has 0 N–H and O–H groups in total. The van der Waals surface area contributed by atoms with Crippen molar-refractivity contribution in [3.05, 3.63) is 28.2 Å². The number of amides is 1. The van der Waals surface area contributed by atoms with Crippen LogP contribution in [-0.2, 0) is 0 Å². The molecule has 2 nitrogen and oxygen atoms in total. The number of thiol groups is 1. The summed E-state index contributed by atoms with van der Waals surface area (Å²) >= 11 is 7.88. The van der Waals surface area contributed by atoms with E-state index in [0.717, 1.165) is 33.8 Å². The molecule has 1 saturated carbocycles. The van der Waals surface area contributed by atoms with Crippen LogP contribution in [0.5, 0.6) is 0 Å². The van der Waals surface area contributed by atoms with E-state index in [1.165, 1.54) is 32.1 Å². The fourth-order valence-corrected chi connectivity index (χ4v) is 4.56. The Morgan fingerprint density at radius 1 is 1.20 bits per heavy atom. The summed E-state index contributed by atoms with van der Waals surface area (Å²) in [6, 6.07) is 6.17. The number of hydrogen-bond acceptors (Lipinski definition) is 2. The van der Waals surface area contributed by atoms with Gasteiger partial charge in [-0.15, -0.1) is 12.6 Å². The lowest BCUT2D eigenvalue weighted by molar-refractivity contribution is 0.0685. The van der Waals surface area contributed by atoms with Gasteiger partial charge in [-0.25, -0.2) is 0 Å². The van der Waals surface area contributed by atoms with E-state index in [-0.39, 0.29) is 5.91 Å². The topological polar surface area (TPSA) is 20.3 Å². The molecule has 1 atom stereocenters. The molecule has 0 aromatic heterocycles. The van der Waals surface area contributed by atoms with Crippen LogP contribution >= 0.6 is 28.6 Å². The average Bonchev–Trinajstić information content (AvgIpc) is 3.09. The number of halogens is 1. The number of benzene rings is 1. The molecule has 1 aromatic carbocycles. The largest absolute Gasteiger partial charge is 0.335 e. The second-order valence-corrected chi connectivity index (χ2v) is 7.31. The van der Waals surface area contributed by atoms with E-state index >= 15 is 0 Å². The molecule has 108 valence electrons. The van der Waals surface area contributed by atoms with Gasteiger partial charge in [0.15, 0.2) is 0 Å². The zero-order chi connectivity index (χ0) is 14.1. The first kappa shape index (κ1) is 14.5. The Hall–Kier alpha value is -0.480. The molecule has 20 heavy (non-hydrogen) atoms. The van der Waals surface area contributed by atoms with Crippen molar-refractivity contribution in [3.8, 4) is 0 Å². The number of carbonyl (C=O) groups is 1. The molecular formula is C16H20BrNOS. The minimum atomic E-state index is 0.164. The lowest BCUT2D eigenvalue weighted by Gasteiger charge is -2.30. The summed E-state index contributed by atoms with van der Waals surface area (Å²) in [5.74, 6) is 0.886. The second kappa shape index (κ2) is 6.10. The molecule has 4 heteroatoms. The molecule has 1 saturated heterocycles. The minimum Gasteiger partial charge on any atom is -0.335 e. The van der Waals surface area contributed by atoms with Crippen molar-refractivity contribution in [2.75, 3.05) is 6.54 Å². The SMILES string of the molecule is O=C(c1ccc(Br)cc1S)N1CCCC1C1CCCC1. The Morgan fingerprint density at radius 2 is 1.95 bits per heavy atom. The van der Waals surface area contributed by atoms with Crippen LogP contribution in [0, 0.1) is 5.92 Å². The molecule has 1 aliphatic heterocycles. The molecule has 1 heterocycles. The number of carbonyl (C=O) groups excluding carboxylic acids is 1. The fraction of sp³-hybridized carbons (Fsp3) is 0.562. The summed E-state index contributed by atoms with van der Waals surface area (Å²) in [4.78, 5) is 15.7. The van der Waals surface area contributed by atoms with Crippen molar-refractivity contribution in [2.45, 2.75) is 49.5 Å². The van der Waals surface area contributed by atoms with E-state index in [0.29, 0.717) is 6.04 Å². The predicted molar refractivity (Wildman–Crippen MR) is 87.4 cm³/mol. The molecular weight excluding hydrogens is 334 g/mol. The summed E-state index contributed by atoms with van der Waals surface area (Å²) in [5, 5.41) is 0. The molecule has 1 amide bonds. The molecule has 0 radical (unpaired) electrons. The lowest BCUT2D eigenvalue weighted by Crippen LogP contribution is -2.39. The van der Waals surface area contributed by atoms with Gasteiger partial charge < -0.3 is 4.90 Å². The van der Waals surface area contributed by atoms with Crippen LogP contribution in [0.1, 0.15) is 48.9 Å². The molecule has 1 aromatic rings. The van der Waals surface area contributed by atoms with Crippen LogP contribution in [0.15, 0.2) is 27.6 Å². The highest BCUT2D eigenvalue weighted by Crippen LogP contribution is 2.36. The van der Waals surface area contributed by atoms with Gasteiger partial charge >= 0.3 is 0 Å². The quantitative estimate of drug-likeness (QED) is 0.774. The summed E-state index contributed by atoms with van der Waals surface area (Å²) < 4.78 is 0.966. The van der Waals surface area contributed by atoms with E-state index in [1.807, 2.05) is 18.2 Å². The van der Waals surface area contributed by atoms with Crippen molar-refractivity contribution in [1.29, 1.82) is 0 Å². The summed E-state index contributed by atoms with van der Waals surface area (Å²) in [6.45, 7) is 0.906. The molecule has 1 aliphatic carbocycles.